The average Bonchev–Trinajstić information content (AvgIpc) is 2.94. The first-order chi connectivity index (χ1) is 12.0. The maximum atomic E-state index is 13.2. The van der Waals surface area contributed by atoms with Gasteiger partial charge in [-0.1, -0.05) is 27.7 Å². The maximum absolute atomic E-state index is 13.2. The second-order valence-corrected chi connectivity index (χ2v) is 8.23. The van der Waals surface area contributed by atoms with Crippen molar-refractivity contribution in [2.45, 2.75) is 78.0 Å². The van der Waals surface area contributed by atoms with Crippen molar-refractivity contribution in [1.82, 2.24) is 4.90 Å². The van der Waals surface area contributed by atoms with Crippen molar-refractivity contribution < 1.29 is 19.5 Å². The van der Waals surface area contributed by atoms with Crippen LogP contribution >= 0.6 is 0 Å². The van der Waals surface area contributed by atoms with Crippen molar-refractivity contribution in [3.05, 3.63) is 0 Å². The molecule has 5 N–H and O–H groups in total. The van der Waals surface area contributed by atoms with Crippen LogP contribution in [0.2, 0.25) is 0 Å². The molecule has 1 rings (SSSR count). The molecular formula is C19H35N3O4. The third kappa shape index (κ3) is 6.36. The zero-order chi connectivity index (χ0) is 20.0. The molecular weight excluding hydrogens is 334 g/mol. The van der Waals surface area contributed by atoms with Gasteiger partial charge in [0.15, 0.2) is 5.78 Å². The standard InChI is InChI=1S/C19H35N3O4/c1-11(2)8-14(20)16(23)9-13(12(3)4)19(26)15(10-17(21)24)22-7-5-6-18(22)25/h11-16,23H,5-10,20H2,1-4H3,(H2,21,24). The normalized spacial score (nSPS) is 19.7. The fraction of sp³-hybridized carbons (Fsp3) is 0.842. The number of amides is 2. The van der Waals surface area contributed by atoms with Gasteiger partial charge in [0, 0.05) is 24.9 Å². The number of primary amides is 1. The van der Waals surface area contributed by atoms with Crippen molar-refractivity contribution in [3.63, 3.8) is 0 Å². The van der Waals surface area contributed by atoms with Gasteiger partial charge >= 0.3 is 0 Å². The molecule has 4 atom stereocenters. The number of likely N-dealkylation sites (tertiary alicyclic amines) is 1. The lowest BCUT2D eigenvalue weighted by Crippen LogP contribution is -2.49. The van der Waals surface area contributed by atoms with Gasteiger partial charge in [-0.25, -0.2) is 0 Å². The SMILES string of the molecule is CC(C)CC(N)C(O)CC(C(=O)C(CC(N)=O)N1CCCC1=O)C(C)C. The van der Waals surface area contributed by atoms with Crippen LogP contribution in [0.1, 0.15) is 59.8 Å². The Kier molecular flexibility index (Phi) is 8.70. The monoisotopic (exact) mass is 369 g/mol. The topological polar surface area (TPSA) is 127 Å². The van der Waals surface area contributed by atoms with Crippen molar-refractivity contribution in [2.24, 2.45) is 29.2 Å². The maximum Gasteiger partial charge on any atom is 0.223 e. The minimum Gasteiger partial charge on any atom is -0.391 e. The molecule has 0 bridgehead atoms. The molecule has 1 heterocycles. The smallest absolute Gasteiger partial charge is 0.223 e. The van der Waals surface area contributed by atoms with Gasteiger partial charge in [-0.05, 0) is 31.1 Å². The lowest BCUT2D eigenvalue weighted by atomic mass is 9.80. The molecule has 7 nitrogen and oxygen atoms in total. The van der Waals surface area contributed by atoms with Gasteiger partial charge in [-0.3, -0.25) is 14.4 Å². The quantitative estimate of drug-likeness (QED) is 0.497. The molecule has 0 radical (unpaired) electrons. The summed E-state index contributed by atoms with van der Waals surface area (Å²) in [6.07, 6.45) is 0.961. The molecule has 0 aromatic carbocycles. The zero-order valence-electron chi connectivity index (χ0n) is 16.5. The number of rotatable bonds is 11. The molecule has 0 aromatic rings. The van der Waals surface area contributed by atoms with Gasteiger partial charge in [-0.2, -0.15) is 0 Å². The fourth-order valence-electron chi connectivity index (χ4n) is 3.65. The van der Waals surface area contributed by atoms with E-state index in [0.29, 0.717) is 31.7 Å². The van der Waals surface area contributed by atoms with E-state index in [1.54, 1.807) is 0 Å². The van der Waals surface area contributed by atoms with Gasteiger partial charge in [0.05, 0.1) is 18.6 Å². The Hall–Kier alpha value is -1.47. The van der Waals surface area contributed by atoms with Crippen molar-refractivity contribution in [3.8, 4) is 0 Å². The minimum absolute atomic E-state index is 0.0449. The second-order valence-electron chi connectivity index (χ2n) is 8.23. The predicted molar refractivity (Wildman–Crippen MR) is 99.9 cm³/mol. The molecule has 7 heteroatoms. The number of nitrogens with zero attached hydrogens (tertiary/aromatic N) is 1. The Morgan fingerprint density at radius 2 is 1.81 bits per heavy atom. The summed E-state index contributed by atoms with van der Waals surface area (Å²) in [5, 5.41) is 10.5. The number of hydrogen-bond acceptors (Lipinski definition) is 5. The van der Waals surface area contributed by atoms with Crippen LogP contribution in [-0.4, -0.2) is 52.3 Å². The lowest BCUT2D eigenvalue weighted by Gasteiger charge is -2.32. The zero-order valence-corrected chi connectivity index (χ0v) is 16.5. The van der Waals surface area contributed by atoms with E-state index in [-0.39, 0.29) is 30.4 Å². The molecule has 4 unspecified atom stereocenters. The van der Waals surface area contributed by atoms with E-state index < -0.39 is 30.0 Å². The van der Waals surface area contributed by atoms with Crippen LogP contribution in [0.3, 0.4) is 0 Å². The molecule has 150 valence electrons. The first-order valence-electron chi connectivity index (χ1n) is 9.59. The molecule has 0 saturated carbocycles. The number of aliphatic hydroxyl groups is 1. The van der Waals surface area contributed by atoms with E-state index in [2.05, 4.69) is 0 Å². The Balaban J connectivity index is 2.95. The van der Waals surface area contributed by atoms with E-state index in [9.17, 15) is 19.5 Å². The van der Waals surface area contributed by atoms with Crippen LogP contribution in [0, 0.1) is 17.8 Å². The summed E-state index contributed by atoms with van der Waals surface area (Å²) in [5.41, 5.74) is 11.4. The number of aliphatic hydroxyl groups excluding tert-OH is 1. The van der Waals surface area contributed by atoms with Crippen LogP contribution < -0.4 is 11.5 Å². The van der Waals surface area contributed by atoms with Gasteiger partial charge in [0.2, 0.25) is 11.8 Å². The third-order valence-electron chi connectivity index (χ3n) is 5.11. The van der Waals surface area contributed by atoms with Gasteiger partial charge in [0.1, 0.15) is 0 Å². The molecule has 1 saturated heterocycles. The highest BCUT2D eigenvalue weighted by atomic mass is 16.3. The fourth-order valence-corrected chi connectivity index (χ4v) is 3.65. The van der Waals surface area contributed by atoms with Crippen LogP contribution in [0.5, 0.6) is 0 Å². The summed E-state index contributed by atoms with van der Waals surface area (Å²) in [5.74, 6) is -1.12. The van der Waals surface area contributed by atoms with E-state index in [4.69, 9.17) is 11.5 Å². The highest BCUT2D eigenvalue weighted by Gasteiger charge is 2.39. The number of ketones is 1. The lowest BCUT2D eigenvalue weighted by molar-refractivity contribution is -0.141. The molecule has 26 heavy (non-hydrogen) atoms. The van der Waals surface area contributed by atoms with Crippen molar-refractivity contribution >= 4 is 17.6 Å². The second kappa shape index (κ2) is 10.0. The first-order valence-corrected chi connectivity index (χ1v) is 9.59. The molecule has 1 fully saturated rings. The van der Waals surface area contributed by atoms with E-state index >= 15 is 0 Å². The summed E-state index contributed by atoms with van der Waals surface area (Å²) in [4.78, 5) is 38.2. The third-order valence-corrected chi connectivity index (χ3v) is 5.11. The van der Waals surface area contributed by atoms with E-state index in [1.165, 1.54) is 4.90 Å². The van der Waals surface area contributed by atoms with Gasteiger partial charge in [-0.15, -0.1) is 0 Å². The van der Waals surface area contributed by atoms with Crippen molar-refractivity contribution in [1.29, 1.82) is 0 Å². The summed E-state index contributed by atoms with van der Waals surface area (Å²) in [7, 11) is 0. The minimum atomic E-state index is -0.844. The van der Waals surface area contributed by atoms with E-state index in [1.807, 2.05) is 27.7 Å². The first kappa shape index (κ1) is 22.6. The Morgan fingerprint density at radius 3 is 2.23 bits per heavy atom. The van der Waals surface area contributed by atoms with Gasteiger partial charge < -0.3 is 21.5 Å². The molecule has 0 spiro atoms. The summed E-state index contributed by atoms with van der Waals surface area (Å²) in [6, 6.07) is -1.25. The van der Waals surface area contributed by atoms with E-state index in [0.717, 1.165) is 0 Å². The largest absolute Gasteiger partial charge is 0.391 e. The average molecular weight is 370 g/mol. The van der Waals surface area contributed by atoms with Crippen LogP contribution in [-0.2, 0) is 14.4 Å². The predicted octanol–water partition coefficient (Wildman–Crippen LogP) is 0.819. The summed E-state index contributed by atoms with van der Waals surface area (Å²) >= 11 is 0. The summed E-state index contributed by atoms with van der Waals surface area (Å²) in [6.45, 7) is 8.31. The molecule has 0 aliphatic carbocycles. The highest BCUT2D eigenvalue weighted by molar-refractivity contribution is 5.94. The number of carbonyl (C=O) groups excluding carboxylic acids is 3. The van der Waals surface area contributed by atoms with Crippen LogP contribution in [0.4, 0.5) is 0 Å². The van der Waals surface area contributed by atoms with Crippen LogP contribution in [0.15, 0.2) is 0 Å². The Morgan fingerprint density at radius 1 is 1.19 bits per heavy atom. The number of hydrogen-bond donors (Lipinski definition) is 3. The molecule has 0 aromatic heterocycles. The number of carbonyl (C=O) groups is 3. The number of nitrogens with two attached hydrogens (primary N) is 2. The summed E-state index contributed by atoms with van der Waals surface area (Å²) < 4.78 is 0. The molecule has 1 aliphatic rings. The van der Waals surface area contributed by atoms with Gasteiger partial charge in [0.25, 0.3) is 0 Å². The van der Waals surface area contributed by atoms with Crippen LogP contribution in [0.25, 0.3) is 0 Å². The Bertz CT molecular complexity index is 507. The number of Topliss-reactive ketones (excluding diaryl/α,β-unsaturated/α-hetero) is 1. The Labute approximate surface area is 156 Å². The molecule has 2 amide bonds. The highest BCUT2D eigenvalue weighted by Crippen LogP contribution is 2.27. The molecule has 1 aliphatic heterocycles. The van der Waals surface area contributed by atoms with Crippen molar-refractivity contribution in [2.75, 3.05) is 6.54 Å².